The lowest BCUT2D eigenvalue weighted by Gasteiger charge is -2.11. The van der Waals surface area contributed by atoms with Crippen molar-refractivity contribution in [2.45, 2.75) is 13.3 Å². The van der Waals surface area contributed by atoms with Gasteiger partial charge < -0.3 is 0 Å². The van der Waals surface area contributed by atoms with Gasteiger partial charge >= 0.3 is 0 Å². The van der Waals surface area contributed by atoms with Crippen LogP contribution in [0.25, 0.3) is 0 Å². The van der Waals surface area contributed by atoms with Crippen molar-refractivity contribution in [1.82, 2.24) is 5.43 Å². The molecule has 3 nitrogen and oxygen atoms in total. The van der Waals surface area contributed by atoms with E-state index in [2.05, 4.69) is 17.8 Å². The highest BCUT2D eigenvalue weighted by molar-refractivity contribution is 6.39. The van der Waals surface area contributed by atoms with Gasteiger partial charge in [-0.25, -0.2) is 0 Å². The van der Waals surface area contributed by atoms with Crippen LogP contribution >= 0.6 is 23.2 Å². The zero-order valence-electron chi connectivity index (χ0n) is 10.9. The van der Waals surface area contributed by atoms with Crippen molar-refractivity contribution >= 4 is 34.8 Å². The van der Waals surface area contributed by atoms with Gasteiger partial charge in [-0.15, -0.1) is 0 Å². The summed E-state index contributed by atoms with van der Waals surface area (Å²) in [4.78, 5) is 12.0. The number of hydrazine groups is 1. The van der Waals surface area contributed by atoms with Crippen molar-refractivity contribution in [1.29, 1.82) is 0 Å². The summed E-state index contributed by atoms with van der Waals surface area (Å²) in [5.74, 6) is -0.247. The molecule has 0 spiro atoms. The minimum Gasteiger partial charge on any atom is -0.295 e. The molecule has 0 aromatic heterocycles. The number of benzene rings is 2. The summed E-state index contributed by atoms with van der Waals surface area (Å²) in [6.45, 7) is 2.07. The molecule has 5 heteroatoms. The number of para-hydroxylation sites is 1. The number of hydrogen-bond acceptors (Lipinski definition) is 2. The molecule has 0 saturated heterocycles. The second-order valence-electron chi connectivity index (χ2n) is 4.23. The van der Waals surface area contributed by atoms with E-state index in [1.807, 2.05) is 12.1 Å². The minimum absolute atomic E-state index is 0.247. The quantitative estimate of drug-likeness (QED) is 0.826. The number of nitrogens with one attached hydrogen (secondary N) is 2. The first-order valence-electron chi connectivity index (χ1n) is 6.21. The van der Waals surface area contributed by atoms with Crippen LogP contribution in [0.3, 0.4) is 0 Å². The molecule has 0 heterocycles. The highest BCUT2D eigenvalue weighted by atomic mass is 35.5. The molecule has 2 aromatic rings. The predicted molar refractivity (Wildman–Crippen MR) is 83.4 cm³/mol. The summed E-state index contributed by atoms with van der Waals surface area (Å²) in [5.41, 5.74) is 7.55. The maximum atomic E-state index is 12.0. The smallest absolute Gasteiger partial charge is 0.269 e. The van der Waals surface area contributed by atoms with E-state index in [1.165, 1.54) is 5.56 Å². The Balaban J connectivity index is 2.04. The zero-order valence-corrected chi connectivity index (χ0v) is 12.4. The largest absolute Gasteiger partial charge is 0.295 e. The Morgan fingerprint density at radius 2 is 1.65 bits per heavy atom. The van der Waals surface area contributed by atoms with E-state index in [0.717, 1.165) is 6.42 Å². The average molecular weight is 309 g/mol. The van der Waals surface area contributed by atoms with E-state index in [4.69, 9.17) is 23.2 Å². The first-order valence-corrected chi connectivity index (χ1v) is 6.96. The first kappa shape index (κ1) is 14.7. The Labute approximate surface area is 127 Å². The Kier molecular flexibility index (Phi) is 4.88. The molecule has 0 aliphatic heterocycles. The van der Waals surface area contributed by atoms with Crippen LogP contribution in [0.2, 0.25) is 10.0 Å². The van der Waals surface area contributed by atoms with Gasteiger partial charge in [0.2, 0.25) is 0 Å². The molecule has 1 amide bonds. The molecular formula is C15H14Cl2N2O. The molecule has 0 unspecified atom stereocenters. The van der Waals surface area contributed by atoms with Crippen LogP contribution < -0.4 is 10.9 Å². The van der Waals surface area contributed by atoms with Crippen molar-refractivity contribution in [2.24, 2.45) is 0 Å². The molecule has 0 bridgehead atoms. The highest BCUT2D eigenvalue weighted by Crippen LogP contribution is 2.28. The molecule has 0 atom stereocenters. The second-order valence-corrected chi connectivity index (χ2v) is 5.04. The monoisotopic (exact) mass is 308 g/mol. The van der Waals surface area contributed by atoms with Gasteiger partial charge in [-0.05, 0) is 36.2 Å². The van der Waals surface area contributed by atoms with Crippen LogP contribution in [0.5, 0.6) is 0 Å². The van der Waals surface area contributed by atoms with Crippen LogP contribution in [0.15, 0.2) is 42.5 Å². The van der Waals surface area contributed by atoms with Gasteiger partial charge in [0.1, 0.15) is 0 Å². The lowest BCUT2D eigenvalue weighted by atomic mass is 10.1. The van der Waals surface area contributed by atoms with Crippen LogP contribution in [-0.2, 0) is 6.42 Å². The van der Waals surface area contributed by atoms with E-state index in [0.29, 0.717) is 21.3 Å². The van der Waals surface area contributed by atoms with Gasteiger partial charge in [-0.3, -0.25) is 15.6 Å². The third-order valence-corrected chi connectivity index (χ3v) is 3.52. The van der Waals surface area contributed by atoms with Crippen molar-refractivity contribution < 1.29 is 4.79 Å². The summed E-state index contributed by atoms with van der Waals surface area (Å²) in [6, 6.07) is 12.5. The minimum atomic E-state index is -0.247. The number of halogens is 2. The molecule has 0 fully saturated rings. The fourth-order valence-electron chi connectivity index (χ4n) is 1.70. The van der Waals surface area contributed by atoms with Gasteiger partial charge in [0.15, 0.2) is 0 Å². The lowest BCUT2D eigenvalue weighted by Crippen LogP contribution is -2.29. The molecule has 0 aliphatic carbocycles. The molecule has 104 valence electrons. The second kappa shape index (κ2) is 6.64. The number of aryl methyl sites for hydroxylation is 1. The maximum absolute atomic E-state index is 12.0. The summed E-state index contributed by atoms with van der Waals surface area (Å²) < 4.78 is 0. The fraction of sp³-hybridized carbons (Fsp3) is 0.133. The molecule has 0 radical (unpaired) electrons. The number of amides is 1. The predicted octanol–water partition coefficient (Wildman–Crippen LogP) is 4.31. The molecular weight excluding hydrogens is 295 g/mol. The van der Waals surface area contributed by atoms with Gasteiger partial charge in [-0.1, -0.05) is 48.3 Å². The summed E-state index contributed by atoms with van der Waals surface area (Å²) in [7, 11) is 0. The van der Waals surface area contributed by atoms with E-state index >= 15 is 0 Å². The van der Waals surface area contributed by atoms with Crippen LogP contribution in [0, 0.1) is 0 Å². The summed E-state index contributed by atoms with van der Waals surface area (Å²) >= 11 is 12.0. The van der Waals surface area contributed by atoms with Gasteiger partial charge in [0.05, 0.1) is 15.7 Å². The molecule has 0 aliphatic rings. The van der Waals surface area contributed by atoms with E-state index < -0.39 is 0 Å². The summed E-state index contributed by atoms with van der Waals surface area (Å²) in [5, 5.41) is 0.887. The van der Waals surface area contributed by atoms with Crippen LogP contribution in [-0.4, -0.2) is 5.91 Å². The third kappa shape index (κ3) is 3.44. The van der Waals surface area contributed by atoms with Gasteiger partial charge in [-0.2, -0.15) is 0 Å². The Morgan fingerprint density at radius 1 is 1.05 bits per heavy atom. The Bertz CT molecular complexity index is 592. The molecule has 2 N–H and O–H groups in total. The van der Waals surface area contributed by atoms with Crippen molar-refractivity contribution in [3.05, 3.63) is 63.6 Å². The standard InChI is InChI=1S/C15H14Cl2N2O/c1-2-10-6-8-11(9-7-10)15(20)19-18-14-12(16)4-3-5-13(14)17/h3-9,18H,2H2,1H3,(H,19,20). The topological polar surface area (TPSA) is 41.1 Å². The third-order valence-electron chi connectivity index (χ3n) is 2.89. The first-order chi connectivity index (χ1) is 9.61. The Morgan fingerprint density at radius 3 is 2.20 bits per heavy atom. The van der Waals surface area contributed by atoms with Gasteiger partial charge in [0.25, 0.3) is 5.91 Å². The van der Waals surface area contributed by atoms with Crippen molar-refractivity contribution in [2.75, 3.05) is 5.43 Å². The Hall–Kier alpha value is -1.71. The molecule has 2 aromatic carbocycles. The SMILES string of the molecule is CCc1ccc(C(=O)NNc2c(Cl)cccc2Cl)cc1. The summed E-state index contributed by atoms with van der Waals surface area (Å²) in [6.07, 6.45) is 0.940. The van der Waals surface area contributed by atoms with Crippen LogP contribution in [0.4, 0.5) is 5.69 Å². The van der Waals surface area contributed by atoms with E-state index in [9.17, 15) is 4.79 Å². The lowest BCUT2D eigenvalue weighted by molar-refractivity contribution is 0.0962. The number of anilines is 1. The number of rotatable bonds is 4. The van der Waals surface area contributed by atoms with Crippen molar-refractivity contribution in [3.8, 4) is 0 Å². The van der Waals surface area contributed by atoms with E-state index in [1.54, 1.807) is 30.3 Å². The van der Waals surface area contributed by atoms with Crippen LogP contribution in [0.1, 0.15) is 22.8 Å². The normalized spacial score (nSPS) is 10.2. The van der Waals surface area contributed by atoms with Gasteiger partial charge in [0, 0.05) is 5.56 Å². The fourth-order valence-corrected chi connectivity index (χ4v) is 2.19. The maximum Gasteiger partial charge on any atom is 0.269 e. The number of hydrogen-bond donors (Lipinski definition) is 2. The molecule has 0 saturated carbocycles. The average Bonchev–Trinajstić information content (AvgIpc) is 2.46. The zero-order chi connectivity index (χ0) is 14.5. The molecule has 20 heavy (non-hydrogen) atoms. The molecule has 2 rings (SSSR count). The number of carbonyl (C=O) groups is 1. The number of carbonyl (C=O) groups excluding carboxylic acids is 1. The van der Waals surface area contributed by atoms with Crippen molar-refractivity contribution in [3.63, 3.8) is 0 Å². The van der Waals surface area contributed by atoms with E-state index in [-0.39, 0.29) is 5.91 Å². The highest BCUT2D eigenvalue weighted by Gasteiger charge is 2.08.